The maximum Gasteiger partial charge on any atom is 0.161 e. The Balaban J connectivity index is 1.95. The number of rotatable bonds is 7. The van der Waals surface area contributed by atoms with Crippen molar-refractivity contribution in [3.63, 3.8) is 0 Å². The van der Waals surface area contributed by atoms with Crippen LogP contribution in [-0.2, 0) is 0 Å². The molecule has 0 spiro atoms. The molecule has 5 nitrogen and oxygen atoms in total. The Morgan fingerprint density at radius 1 is 1.29 bits per heavy atom. The van der Waals surface area contributed by atoms with Crippen molar-refractivity contribution in [2.75, 3.05) is 19.5 Å². The first-order valence-corrected chi connectivity index (χ1v) is 8.36. The lowest BCUT2D eigenvalue weighted by Crippen LogP contribution is -2.04. The lowest BCUT2D eigenvalue weighted by atomic mass is 10.1. The topological polar surface area (TPSA) is 72.2 Å². The quantitative estimate of drug-likeness (QED) is 0.434. The van der Waals surface area contributed by atoms with Gasteiger partial charge >= 0.3 is 0 Å². The van der Waals surface area contributed by atoms with Crippen LogP contribution in [-0.4, -0.2) is 30.2 Å². The third-order valence-electron chi connectivity index (χ3n) is 3.33. The van der Waals surface area contributed by atoms with E-state index in [0.717, 1.165) is 11.5 Å². The van der Waals surface area contributed by atoms with Crippen molar-refractivity contribution in [1.82, 2.24) is 4.98 Å². The Morgan fingerprint density at radius 2 is 1.96 bits per heavy atom. The van der Waals surface area contributed by atoms with Gasteiger partial charge in [-0.05, 0) is 44.2 Å². The molecule has 0 radical (unpaired) electrons. The van der Waals surface area contributed by atoms with E-state index < -0.39 is 0 Å². The summed E-state index contributed by atoms with van der Waals surface area (Å²) < 4.78 is 10.7. The Hall–Kier alpha value is -2.52. The normalized spacial score (nSPS) is 10.1. The van der Waals surface area contributed by atoms with E-state index in [1.807, 2.05) is 24.3 Å². The molecule has 0 saturated heterocycles. The number of nitriles is 1. The van der Waals surface area contributed by atoms with E-state index >= 15 is 0 Å². The van der Waals surface area contributed by atoms with Crippen LogP contribution in [0.4, 0.5) is 0 Å². The molecule has 0 saturated carbocycles. The molecule has 1 aromatic carbocycles. The molecule has 0 aliphatic rings. The van der Waals surface area contributed by atoms with E-state index in [-0.39, 0.29) is 5.78 Å². The summed E-state index contributed by atoms with van der Waals surface area (Å²) in [7, 11) is 1.62. The number of Topliss-reactive ketones (excluding diaryl/α,β-unsaturated/α-hetero) is 1. The van der Waals surface area contributed by atoms with Crippen molar-refractivity contribution in [3.8, 4) is 17.6 Å². The second kappa shape index (κ2) is 8.37. The predicted molar refractivity (Wildman–Crippen MR) is 92.9 cm³/mol. The summed E-state index contributed by atoms with van der Waals surface area (Å²) in [6.07, 6.45) is 0. The second-order valence-electron chi connectivity index (χ2n) is 5.01. The van der Waals surface area contributed by atoms with E-state index in [1.54, 1.807) is 20.1 Å². The summed E-state index contributed by atoms with van der Waals surface area (Å²) in [4.78, 5) is 15.9. The van der Waals surface area contributed by atoms with Crippen LogP contribution in [0.3, 0.4) is 0 Å². The second-order valence-corrected chi connectivity index (χ2v) is 6.10. The maximum absolute atomic E-state index is 11.5. The third kappa shape index (κ3) is 4.49. The fourth-order valence-electron chi connectivity index (χ4n) is 2.10. The Labute approximate surface area is 145 Å². The summed E-state index contributed by atoms with van der Waals surface area (Å²) in [5, 5.41) is 9.87. The number of thioether (sulfide) groups is 1. The van der Waals surface area contributed by atoms with Gasteiger partial charge in [0.25, 0.3) is 0 Å². The monoisotopic (exact) mass is 342 g/mol. The summed E-state index contributed by atoms with van der Waals surface area (Å²) >= 11 is 1.44. The van der Waals surface area contributed by atoms with Gasteiger partial charge in [-0.25, -0.2) is 4.98 Å². The predicted octanol–water partition coefficient (Wildman–Crippen LogP) is 3.64. The first kappa shape index (κ1) is 17.8. The van der Waals surface area contributed by atoms with Gasteiger partial charge in [-0.1, -0.05) is 0 Å². The van der Waals surface area contributed by atoms with Gasteiger partial charge in [-0.3, -0.25) is 4.79 Å². The number of benzene rings is 1. The van der Waals surface area contributed by atoms with E-state index in [0.29, 0.717) is 34.2 Å². The van der Waals surface area contributed by atoms with Gasteiger partial charge in [-0.15, -0.1) is 11.8 Å². The van der Waals surface area contributed by atoms with Crippen LogP contribution in [0.5, 0.6) is 11.5 Å². The lowest BCUT2D eigenvalue weighted by Gasteiger charge is -2.09. The van der Waals surface area contributed by atoms with Gasteiger partial charge in [0.2, 0.25) is 0 Å². The van der Waals surface area contributed by atoms with Gasteiger partial charge < -0.3 is 9.47 Å². The largest absolute Gasteiger partial charge is 0.497 e. The summed E-state index contributed by atoms with van der Waals surface area (Å²) in [6.45, 7) is 3.73. The number of hydrogen-bond donors (Lipinski definition) is 0. The fourth-order valence-corrected chi connectivity index (χ4v) is 2.92. The molecule has 124 valence electrons. The van der Waals surface area contributed by atoms with Crippen molar-refractivity contribution in [1.29, 1.82) is 5.26 Å². The van der Waals surface area contributed by atoms with Crippen molar-refractivity contribution in [2.45, 2.75) is 18.9 Å². The van der Waals surface area contributed by atoms with E-state index in [1.165, 1.54) is 18.7 Å². The molecule has 2 rings (SSSR count). The first-order chi connectivity index (χ1) is 11.5. The minimum Gasteiger partial charge on any atom is -0.497 e. The third-order valence-corrected chi connectivity index (χ3v) is 4.28. The van der Waals surface area contributed by atoms with Gasteiger partial charge in [0.1, 0.15) is 22.6 Å². The number of ketones is 1. The van der Waals surface area contributed by atoms with Crippen LogP contribution in [0.25, 0.3) is 0 Å². The summed E-state index contributed by atoms with van der Waals surface area (Å²) in [6, 6.07) is 11.1. The Bertz CT molecular complexity index is 767. The first-order valence-electron chi connectivity index (χ1n) is 7.37. The highest BCUT2D eigenvalue weighted by Crippen LogP contribution is 2.23. The molecule has 1 heterocycles. The molecule has 1 aromatic heterocycles. The van der Waals surface area contributed by atoms with Crippen LogP contribution in [0.1, 0.15) is 28.5 Å². The number of carbonyl (C=O) groups excluding carboxylic acids is 1. The van der Waals surface area contributed by atoms with Crippen LogP contribution < -0.4 is 9.47 Å². The minimum absolute atomic E-state index is 0.0871. The minimum atomic E-state index is -0.0871. The van der Waals surface area contributed by atoms with Crippen molar-refractivity contribution in [2.24, 2.45) is 0 Å². The van der Waals surface area contributed by atoms with Gasteiger partial charge in [-0.2, -0.15) is 5.26 Å². The zero-order valence-electron chi connectivity index (χ0n) is 13.8. The SMILES string of the molecule is COc1ccc(OCCSc2nc(C)c(C(C)=O)cc2C#N)cc1. The molecular weight excluding hydrogens is 324 g/mol. The Kier molecular flexibility index (Phi) is 6.21. The highest BCUT2D eigenvalue weighted by Gasteiger charge is 2.12. The summed E-state index contributed by atoms with van der Waals surface area (Å²) in [5.41, 5.74) is 1.55. The fraction of sp³-hybridized carbons (Fsp3) is 0.278. The van der Waals surface area contributed by atoms with Crippen molar-refractivity contribution in [3.05, 3.63) is 47.2 Å². The Morgan fingerprint density at radius 3 is 2.54 bits per heavy atom. The molecule has 0 aliphatic carbocycles. The number of carbonyl (C=O) groups is 1. The molecular formula is C18H18N2O3S. The number of hydrogen-bond acceptors (Lipinski definition) is 6. The average molecular weight is 342 g/mol. The van der Waals surface area contributed by atoms with E-state index in [2.05, 4.69) is 11.1 Å². The molecule has 6 heteroatoms. The van der Waals surface area contributed by atoms with Gasteiger partial charge in [0, 0.05) is 17.0 Å². The highest BCUT2D eigenvalue weighted by molar-refractivity contribution is 7.99. The molecule has 0 aliphatic heterocycles. The highest BCUT2D eigenvalue weighted by atomic mass is 32.2. The molecule has 0 unspecified atom stereocenters. The number of methoxy groups -OCH3 is 1. The molecule has 0 atom stereocenters. The van der Waals surface area contributed by atoms with Gasteiger partial charge in [0.15, 0.2) is 5.78 Å². The van der Waals surface area contributed by atoms with E-state index in [4.69, 9.17) is 9.47 Å². The smallest absolute Gasteiger partial charge is 0.161 e. The molecule has 2 aromatic rings. The number of aryl methyl sites for hydroxylation is 1. The standard InChI is InChI=1S/C18H18N2O3S/c1-12-17(13(2)21)10-14(11-19)18(20-12)24-9-8-23-16-6-4-15(22-3)5-7-16/h4-7,10H,8-9H2,1-3H3. The number of ether oxygens (including phenoxy) is 2. The number of pyridine rings is 1. The molecule has 0 amide bonds. The van der Waals surface area contributed by atoms with Crippen molar-refractivity contribution < 1.29 is 14.3 Å². The summed E-state index contributed by atoms with van der Waals surface area (Å²) in [5.74, 6) is 2.09. The maximum atomic E-state index is 11.5. The van der Waals surface area contributed by atoms with Crippen LogP contribution in [0, 0.1) is 18.3 Å². The van der Waals surface area contributed by atoms with Gasteiger partial charge in [0.05, 0.1) is 19.3 Å². The zero-order valence-corrected chi connectivity index (χ0v) is 14.6. The van der Waals surface area contributed by atoms with Crippen LogP contribution >= 0.6 is 11.8 Å². The van der Waals surface area contributed by atoms with E-state index in [9.17, 15) is 10.1 Å². The van der Waals surface area contributed by atoms with Crippen LogP contribution in [0.15, 0.2) is 35.4 Å². The number of aromatic nitrogens is 1. The average Bonchev–Trinajstić information content (AvgIpc) is 2.59. The zero-order chi connectivity index (χ0) is 17.5. The molecule has 0 bridgehead atoms. The lowest BCUT2D eigenvalue weighted by molar-refractivity contribution is 0.101. The number of nitrogens with zero attached hydrogens (tertiary/aromatic N) is 2. The van der Waals surface area contributed by atoms with Crippen LogP contribution in [0.2, 0.25) is 0 Å². The molecule has 0 N–H and O–H groups in total. The molecule has 24 heavy (non-hydrogen) atoms. The van der Waals surface area contributed by atoms with Crippen molar-refractivity contribution >= 4 is 17.5 Å². The molecule has 0 fully saturated rings.